The van der Waals surface area contributed by atoms with Crippen LogP contribution < -0.4 is 10.1 Å². The smallest absolute Gasteiger partial charge is 0.341 e. The van der Waals surface area contributed by atoms with Crippen molar-refractivity contribution < 1.29 is 19.1 Å². The van der Waals surface area contributed by atoms with Crippen LogP contribution in [0.3, 0.4) is 0 Å². The molecule has 4 rings (SSSR count). The first-order valence-corrected chi connectivity index (χ1v) is 12.6. The van der Waals surface area contributed by atoms with E-state index in [9.17, 15) is 9.59 Å². The van der Waals surface area contributed by atoms with Gasteiger partial charge in [-0.2, -0.15) is 0 Å². The average Bonchev–Trinajstić information content (AvgIpc) is 3.28. The van der Waals surface area contributed by atoms with Gasteiger partial charge in [-0.05, 0) is 35.4 Å². The lowest BCUT2D eigenvalue weighted by Gasteiger charge is -2.34. The molecule has 3 aromatic rings. The first-order valence-electron chi connectivity index (χ1n) is 11.3. The number of ether oxygens (including phenoxy) is 2. The Morgan fingerprint density at radius 1 is 1.03 bits per heavy atom. The van der Waals surface area contributed by atoms with Gasteiger partial charge in [0.1, 0.15) is 16.3 Å². The molecule has 0 spiro atoms. The number of thiophene rings is 1. The Kier molecular flexibility index (Phi) is 8.41. The van der Waals surface area contributed by atoms with Gasteiger partial charge in [0, 0.05) is 48.7 Å². The third-order valence-corrected chi connectivity index (χ3v) is 7.11. The van der Waals surface area contributed by atoms with Crippen LogP contribution in [-0.4, -0.2) is 68.6 Å². The molecule has 9 heteroatoms. The number of nitrogens with one attached hydrogen (secondary N) is 1. The molecular weight excluding hydrogens is 486 g/mol. The summed E-state index contributed by atoms with van der Waals surface area (Å²) < 4.78 is 10.3. The highest BCUT2D eigenvalue weighted by Gasteiger charge is 2.24. The van der Waals surface area contributed by atoms with E-state index in [1.165, 1.54) is 24.0 Å². The van der Waals surface area contributed by atoms with Crippen molar-refractivity contribution in [1.29, 1.82) is 0 Å². The van der Waals surface area contributed by atoms with Crippen LogP contribution in [0.1, 0.15) is 15.9 Å². The van der Waals surface area contributed by atoms with Gasteiger partial charge in [0.15, 0.2) is 0 Å². The van der Waals surface area contributed by atoms with E-state index < -0.39 is 5.97 Å². The number of amides is 1. The monoisotopic (exact) mass is 513 g/mol. The van der Waals surface area contributed by atoms with Crippen LogP contribution in [0.15, 0.2) is 53.9 Å². The fourth-order valence-electron chi connectivity index (χ4n) is 4.10. The number of hydrogen-bond donors (Lipinski definition) is 1. The third-order valence-electron chi connectivity index (χ3n) is 5.96. The van der Waals surface area contributed by atoms with Gasteiger partial charge in [-0.25, -0.2) is 4.79 Å². The minimum atomic E-state index is -0.488. The highest BCUT2D eigenvalue weighted by Crippen LogP contribution is 2.36. The zero-order valence-corrected chi connectivity index (χ0v) is 21.3. The van der Waals surface area contributed by atoms with E-state index in [2.05, 4.69) is 27.2 Å². The van der Waals surface area contributed by atoms with Gasteiger partial charge in [-0.1, -0.05) is 35.9 Å². The molecule has 1 amide bonds. The van der Waals surface area contributed by atoms with Gasteiger partial charge in [0.2, 0.25) is 5.91 Å². The summed E-state index contributed by atoms with van der Waals surface area (Å²) in [5.74, 6) is 0.218. The molecule has 2 aromatic carbocycles. The van der Waals surface area contributed by atoms with Crippen LogP contribution in [0.25, 0.3) is 11.1 Å². The van der Waals surface area contributed by atoms with Gasteiger partial charge in [-0.3, -0.25) is 14.6 Å². The molecular formula is C26H28ClN3O4S. The van der Waals surface area contributed by atoms with Gasteiger partial charge in [-0.15, -0.1) is 11.3 Å². The Morgan fingerprint density at radius 2 is 1.74 bits per heavy atom. The van der Waals surface area contributed by atoms with E-state index in [0.29, 0.717) is 21.2 Å². The molecule has 1 aliphatic heterocycles. The van der Waals surface area contributed by atoms with Gasteiger partial charge < -0.3 is 14.8 Å². The van der Waals surface area contributed by atoms with E-state index in [1.54, 1.807) is 19.2 Å². The third kappa shape index (κ3) is 6.41. The normalized spacial score (nSPS) is 14.5. The fraction of sp³-hybridized carbons (Fsp3) is 0.308. The highest BCUT2D eigenvalue weighted by molar-refractivity contribution is 7.15. The number of halogens is 1. The Balaban J connectivity index is 1.35. The SMILES string of the molecule is COC(=O)c1c(-c2ccc(Cl)cc2)csc1NC(=O)CN1CCN(Cc2cccc(OC)c2)CC1. The lowest BCUT2D eigenvalue weighted by molar-refractivity contribution is -0.117. The number of piperazine rings is 1. The Labute approximate surface area is 214 Å². The van der Waals surface area contributed by atoms with Crippen molar-refractivity contribution in [1.82, 2.24) is 9.80 Å². The summed E-state index contributed by atoms with van der Waals surface area (Å²) in [7, 11) is 3.01. The van der Waals surface area contributed by atoms with Crippen molar-refractivity contribution in [3.63, 3.8) is 0 Å². The first-order chi connectivity index (χ1) is 17.0. The number of hydrogen-bond acceptors (Lipinski definition) is 7. The zero-order valence-electron chi connectivity index (χ0n) is 19.8. The number of carbonyl (C=O) groups excluding carboxylic acids is 2. The van der Waals surface area contributed by atoms with Crippen LogP contribution in [-0.2, 0) is 16.1 Å². The molecule has 1 aliphatic rings. The minimum Gasteiger partial charge on any atom is -0.497 e. The number of anilines is 1. The Hall–Kier alpha value is -2.91. The summed E-state index contributed by atoms with van der Waals surface area (Å²) in [5.41, 5.74) is 3.11. The Bertz CT molecular complexity index is 1170. The van der Waals surface area contributed by atoms with E-state index in [1.807, 2.05) is 29.6 Å². The van der Waals surface area contributed by atoms with Gasteiger partial charge in [0.05, 0.1) is 20.8 Å². The topological polar surface area (TPSA) is 71.1 Å². The molecule has 0 aliphatic carbocycles. The summed E-state index contributed by atoms with van der Waals surface area (Å²) in [5, 5.41) is 5.87. The summed E-state index contributed by atoms with van der Waals surface area (Å²) in [6, 6.07) is 15.3. The average molecular weight is 514 g/mol. The number of methoxy groups -OCH3 is 2. The predicted molar refractivity (Wildman–Crippen MR) is 139 cm³/mol. The quantitative estimate of drug-likeness (QED) is 0.443. The van der Waals surface area contributed by atoms with Crippen molar-refractivity contribution in [2.45, 2.75) is 6.54 Å². The van der Waals surface area contributed by atoms with E-state index in [4.69, 9.17) is 21.1 Å². The van der Waals surface area contributed by atoms with Crippen LogP contribution in [0.4, 0.5) is 5.00 Å². The maximum absolute atomic E-state index is 12.8. The van der Waals surface area contributed by atoms with E-state index >= 15 is 0 Å². The number of rotatable bonds is 8. The lowest BCUT2D eigenvalue weighted by Crippen LogP contribution is -2.48. The number of carbonyl (C=O) groups is 2. The number of esters is 1. The minimum absolute atomic E-state index is 0.152. The maximum Gasteiger partial charge on any atom is 0.341 e. The molecule has 1 fully saturated rings. The van der Waals surface area contributed by atoms with Crippen LogP contribution in [0.2, 0.25) is 5.02 Å². The number of nitrogens with zero attached hydrogens (tertiary/aromatic N) is 2. The van der Waals surface area contributed by atoms with Crippen molar-refractivity contribution in [3.05, 3.63) is 70.1 Å². The molecule has 2 heterocycles. The summed E-state index contributed by atoms with van der Waals surface area (Å²) in [4.78, 5) is 29.9. The highest BCUT2D eigenvalue weighted by atomic mass is 35.5. The predicted octanol–water partition coefficient (Wildman–Crippen LogP) is 4.62. The molecule has 0 radical (unpaired) electrons. The number of benzene rings is 2. The van der Waals surface area contributed by atoms with Crippen molar-refractivity contribution in [2.24, 2.45) is 0 Å². The maximum atomic E-state index is 12.8. The Morgan fingerprint density at radius 3 is 2.43 bits per heavy atom. The van der Waals surface area contributed by atoms with Crippen molar-refractivity contribution in [2.75, 3.05) is 52.3 Å². The molecule has 0 atom stereocenters. The van der Waals surface area contributed by atoms with E-state index in [-0.39, 0.29) is 12.5 Å². The van der Waals surface area contributed by atoms with E-state index in [0.717, 1.165) is 44.0 Å². The fourth-order valence-corrected chi connectivity index (χ4v) is 5.20. The molecule has 1 aromatic heterocycles. The second-order valence-electron chi connectivity index (χ2n) is 8.30. The molecule has 0 saturated carbocycles. The second kappa shape index (κ2) is 11.7. The molecule has 7 nitrogen and oxygen atoms in total. The molecule has 0 bridgehead atoms. The summed E-state index contributed by atoms with van der Waals surface area (Å²) in [6.45, 7) is 4.45. The molecule has 35 heavy (non-hydrogen) atoms. The zero-order chi connectivity index (χ0) is 24.8. The van der Waals surface area contributed by atoms with Crippen LogP contribution in [0, 0.1) is 0 Å². The van der Waals surface area contributed by atoms with Crippen molar-refractivity contribution >= 4 is 39.8 Å². The summed E-state index contributed by atoms with van der Waals surface area (Å²) >= 11 is 7.31. The molecule has 1 N–H and O–H groups in total. The lowest BCUT2D eigenvalue weighted by atomic mass is 10.0. The molecule has 184 valence electrons. The van der Waals surface area contributed by atoms with Gasteiger partial charge >= 0.3 is 5.97 Å². The second-order valence-corrected chi connectivity index (χ2v) is 9.62. The first kappa shape index (κ1) is 25.2. The van der Waals surface area contributed by atoms with Gasteiger partial charge in [0.25, 0.3) is 0 Å². The van der Waals surface area contributed by atoms with Crippen LogP contribution >= 0.6 is 22.9 Å². The largest absolute Gasteiger partial charge is 0.497 e. The standard InChI is InChI=1S/C26H28ClN3O4S/c1-33-21-5-3-4-18(14-21)15-29-10-12-30(13-11-29)16-23(31)28-25-24(26(32)34-2)22(17-35-25)19-6-8-20(27)9-7-19/h3-9,14,17H,10-13,15-16H2,1-2H3,(H,28,31). The molecule has 1 saturated heterocycles. The van der Waals surface area contributed by atoms with Crippen LogP contribution in [0.5, 0.6) is 5.75 Å². The van der Waals surface area contributed by atoms with Crippen molar-refractivity contribution in [3.8, 4) is 16.9 Å². The summed E-state index contributed by atoms with van der Waals surface area (Å²) in [6.07, 6.45) is 0. The molecule has 0 unspecified atom stereocenters.